The van der Waals surface area contributed by atoms with E-state index in [0.29, 0.717) is 25.6 Å². The summed E-state index contributed by atoms with van der Waals surface area (Å²) < 4.78 is 28.1. The molecule has 0 saturated carbocycles. The molecule has 0 fully saturated rings. The standard InChI is InChI=1S/C10H23NO3S/c1-9(2)8-14-5-7-15(12,13)6-4-10(3)11/h9-10H,4-8,11H2,1-3H3. The number of hydrogen-bond acceptors (Lipinski definition) is 4. The van der Waals surface area contributed by atoms with Crippen molar-refractivity contribution < 1.29 is 13.2 Å². The number of sulfone groups is 1. The Morgan fingerprint density at radius 3 is 2.27 bits per heavy atom. The van der Waals surface area contributed by atoms with E-state index in [0.717, 1.165) is 0 Å². The molecule has 0 aromatic rings. The molecule has 0 radical (unpaired) electrons. The molecule has 0 aliphatic rings. The number of nitrogens with two attached hydrogens (primary N) is 1. The molecule has 0 aromatic carbocycles. The van der Waals surface area contributed by atoms with Crippen LogP contribution in [0.3, 0.4) is 0 Å². The van der Waals surface area contributed by atoms with Crippen molar-refractivity contribution >= 4 is 9.84 Å². The van der Waals surface area contributed by atoms with Crippen molar-refractivity contribution in [2.45, 2.75) is 33.2 Å². The Balaban J connectivity index is 3.66. The Morgan fingerprint density at radius 1 is 1.20 bits per heavy atom. The molecule has 0 aliphatic carbocycles. The van der Waals surface area contributed by atoms with Gasteiger partial charge in [0.25, 0.3) is 0 Å². The van der Waals surface area contributed by atoms with Gasteiger partial charge in [-0.05, 0) is 19.3 Å². The summed E-state index contributed by atoms with van der Waals surface area (Å²) in [6.45, 7) is 6.78. The number of hydrogen-bond donors (Lipinski definition) is 1. The number of ether oxygens (including phenoxy) is 1. The highest BCUT2D eigenvalue weighted by molar-refractivity contribution is 7.91. The van der Waals surface area contributed by atoms with Gasteiger partial charge in [0.05, 0.1) is 18.1 Å². The Labute approximate surface area is 93.1 Å². The molecule has 0 rings (SSSR count). The second kappa shape index (κ2) is 7.19. The molecular weight excluding hydrogens is 214 g/mol. The molecule has 1 atom stereocenters. The van der Waals surface area contributed by atoms with E-state index in [2.05, 4.69) is 0 Å². The van der Waals surface area contributed by atoms with Crippen LogP contribution in [0.2, 0.25) is 0 Å². The van der Waals surface area contributed by atoms with Crippen LogP contribution in [-0.2, 0) is 14.6 Å². The average molecular weight is 237 g/mol. The zero-order valence-corrected chi connectivity index (χ0v) is 10.7. The normalized spacial score (nSPS) is 14.5. The van der Waals surface area contributed by atoms with E-state index in [1.165, 1.54) is 0 Å². The molecule has 0 aliphatic heterocycles. The van der Waals surface area contributed by atoms with E-state index < -0.39 is 9.84 Å². The molecular formula is C10H23NO3S. The van der Waals surface area contributed by atoms with Crippen LogP contribution < -0.4 is 5.73 Å². The summed E-state index contributed by atoms with van der Waals surface area (Å²) in [7, 11) is -2.98. The molecule has 2 N–H and O–H groups in total. The van der Waals surface area contributed by atoms with E-state index in [-0.39, 0.29) is 17.5 Å². The quantitative estimate of drug-likeness (QED) is 0.634. The average Bonchev–Trinajstić information content (AvgIpc) is 2.09. The summed E-state index contributed by atoms with van der Waals surface area (Å²) in [6, 6.07) is -0.0589. The van der Waals surface area contributed by atoms with Crippen LogP contribution in [0.25, 0.3) is 0 Å². The van der Waals surface area contributed by atoms with E-state index in [4.69, 9.17) is 10.5 Å². The second-order valence-electron chi connectivity index (χ2n) is 4.39. The lowest BCUT2D eigenvalue weighted by molar-refractivity contribution is 0.123. The highest BCUT2D eigenvalue weighted by Gasteiger charge is 2.11. The summed E-state index contributed by atoms with van der Waals surface area (Å²) in [4.78, 5) is 0. The molecule has 15 heavy (non-hydrogen) atoms. The minimum atomic E-state index is -2.98. The van der Waals surface area contributed by atoms with Gasteiger partial charge >= 0.3 is 0 Å². The van der Waals surface area contributed by atoms with Gasteiger partial charge in [0.2, 0.25) is 0 Å². The van der Waals surface area contributed by atoms with Gasteiger partial charge in [0, 0.05) is 12.6 Å². The third-order valence-corrected chi connectivity index (χ3v) is 3.52. The van der Waals surface area contributed by atoms with Crippen molar-refractivity contribution in [2.75, 3.05) is 24.7 Å². The summed E-state index contributed by atoms with van der Waals surface area (Å²) >= 11 is 0. The van der Waals surface area contributed by atoms with Crippen molar-refractivity contribution in [3.05, 3.63) is 0 Å². The van der Waals surface area contributed by atoms with Gasteiger partial charge in [-0.1, -0.05) is 13.8 Å². The largest absolute Gasteiger partial charge is 0.380 e. The third-order valence-electron chi connectivity index (χ3n) is 1.87. The second-order valence-corrected chi connectivity index (χ2v) is 6.69. The first-order chi connectivity index (χ1) is 6.83. The smallest absolute Gasteiger partial charge is 0.152 e. The molecule has 5 heteroatoms. The van der Waals surface area contributed by atoms with Gasteiger partial charge < -0.3 is 10.5 Å². The first-order valence-electron chi connectivity index (χ1n) is 5.37. The maximum Gasteiger partial charge on any atom is 0.152 e. The van der Waals surface area contributed by atoms with E-state index in [1.54, 1.807) is 0 Å². The van der Waals surface area contributed by atoms with Crippen molar-refractivity contribution in [3.63, 3.8) is 0 Å². The Bertz CT molecular complexity index is 247. The summed E-state index contributed by atoms with van der Waals surface area (Å²) in [5, 5.41) is 0. The van der Waals surface area contributed by atoms with Crippen LogP contribution in [0.1, 0.15) is 27.2 Å². The Hall–Kier alpha value is -0.130. The highest BCUT2D eigenvalue weighted by atomic mass is 32.2. The first kappa shape index (κ1) is 14.9. The molecule has 4 nitrogen and oxygen atoms in total. The lowest BCUT2D eigenvalue weighted by Crippen LogP contribution is -2.23. The third kappa shape index (κ3) is 10.2. The van der Waals surface area contributed by atoms with Gasteiger partial charge in [0.15, 0.2) is 9.84 Å². The summed E-state index contributed by atoms with van der Waals surface area (Å²) in [6.07, 6.45) is 0.520. The van der Waals surface area contributed by atoms with Gasteiger partial charge in [-0.2, -0.15) is 0 Å². The van der Waals surface area contributed by atoms with Crippen LogP contribution in [-0.4, -0.2) is 39.2 Å². The highest BCUT2D eigenvalue weighted by Crippen LogP contribution is 1.98. The molecule has 92 valence electrons. The van der Waals surface area contributed by atoms with Gasteiger partial charge in [-0.25, -0.2) is 8.42 Å². The molecule has 0 aromatic heterocycles. The minimum Gasteiger partial charge on any atom is -0.380 e. The van der Waals surface area contributed by atoms with Crippen LogP contribution in [0.15, 0.2) is 0 Å². The fourth-order valence-corrected chi connectivity index (χ4v) is 2.28. The fourth-order valence-electron chi connectivity index (χ4n) is 0.972. The molecule has 0 saturated heterocycles. The number of rotatable bonds is 8. The zero-order valence-electron chi connectivity index (χ0n) is 9.90. The molecule has 0 heterocycles. The topological polar surface area (TPSA) is 69.4 Å². The van der Waals surface area contributed by atoms with Crippen LogP contribution in [0.5, 0.6) is 0 Å². The maximum atomic E-state index is 11.4. The zero-order chi connectivity index (χ0) is 11.9. The van der Waals surface area contributed by atoms with Crippen molar-refractivity contribution in [2.24, 2.45) is 11.7 Å². The molecule has 0 bridgehead atoms. The van der Waals surface area contributed by atoms with E-state index >= 15 is 0 Å². The van der Waals surface area contributed by atoms with Gasteiger partial charge in [-0.3, -0.25) is 0 Å². The van der Waals surface area contributed by atoms with Crippen LogP contribution in [0.4, 0.5) is 0 Å². The van der Waals surface area contributed by atoms with Crippen molar-refractivity contribution in [1.82, 2.24) is 0 Å². The SMILES string of the molecule is CC(C)COCCS(=O)(=O)CCC(C)N. The lowest BCUT2D eigenvalue weighted by atomic mass is 10.2. The minimum absolute atomic E-state index is 0.0589. The van der Waals surface area contributed by atoms with Crippen molar-refractivity contribution in [1.29, 1.82) is 0 Å². The monoisotopic (exact) mass is 237 g/mol. The fraction of sp³-hybridized carbons (Fsp3) is 1.00. The van der Waals surface area contributed by atoms with Crippen LogP contribution >= 0.6 is 0 Å². The van der Waals surface area contributed by atoms with E-state index in [1.807, 2.05) is 20.8 Å². The maximum absolute atomic E-state index is 11.4. The Kier molecular flexibility index (Phi) is 7.13. The predicted molar refractivity (Wildman–Crippen MR) is 62.6 cm³/mol. The first-order valence-corrected chi connectivity index (χ1v) is 7.19. The van der Waals surface area contributed by atoms with Crippen LogP contribution in [0, 0.1) is 5.92 Å². The summed E-state index contributed by atoms with van der Waals surface area (Å²) in [5.74, 6) is 0.707. The summed E-state index contributed by atoms with van der Waals surface area (Å²) in [5.41, 5.74) is 5.50. The van der Waals surface area contributed by atoms with Gasteiger partial charge in [0.1, 0.15) is 0 Å². The Morgan fingerprint density at radius 2 is 1.80 bits per heavy atom. The van der Waals surface area contributed by atoms with Crippen molar-refractivity contribution in [3.8, 4) is 0 Å². The molecule has 0 spiro atoms. The predicted octanol–water partition coefficient (Wildman–Crippen LogP) is 0.811. The van der Waals surface area contributed by atoms with Gasteiger partial charge in [-0.15, -0.1) is 0 Å². The molecule has 1 unspecified atom stereocenters. The van der Waals surface area contributed by atoms with E-state index in [9.17, 15) is 8.42 Å². The molecule has 0 amide bonds. The lowest BCUT2D eigenvalue weighted by Gasteiger charge is -2.08.